The third-order valence-corrected chi connectivity index (χ3v) is 3.78. The molecule has 0 spiro atoms. The van der Waals surface area contributed by atoms with E-state index in [2.05, 4.69) is 6.07 Å². The molecule has 1 nitrogen and oxygen atoms in total. The first-order chi connectivity index (χ1) is 6.91. The summed E-state index contributed by atoms with van der Waals surface area (Å²) in [5.74, 6) is -0.0998. The third-order valence-electron chi connectivity index (χ3n) is 2.91. The van der Waals surface area contributed by atoms with Crippen LogP contribution in [0.15, 0.2) is 18.2 Å². The van der Waals surface area contributed by atoms with Gasteiger partial charge in [-0.15, -0.1) is 0 Å². The molecule has 0 aromatic heterocycles. The highest BCUT2D eigenvalue weighted by Crippen LogP contribution is 2.32. The van der Waals surface area contributed by atoms with Crippen LogP contribution in [0.3, 0.4) is 0 Å². The highest BCUT2D eigenvalue weighted by atomic mass is 127. The Morgan fingerprint density at radius 3 is 2.47 bits per heavy atom. The molecule has 1 aromatic rings. The molecule has 1 atom stereocenters. The SMILES string of the molecule is CC(C)C(C)(C#N)c1ccc(I)c(F)c1. The van der Waals surface area contributed by atoms with Crippen molar-refractivity contribution in [3.8, 4) is 6.07 Å². The maximum Gasteiger partial charge on any atom is 0.136 e. The van der Waals surface area contributed by atoms with E-state index < -0.39 is 5.41 Å². The summed E-state index contributed by atoms with van der Waals surface area (Å²) in [4.78, 5) is 0. The van der Waals surface area contributed by atoms with Crippen LogP contribution in [-0.4, -0.2) is 0 Å². The van der Waals surface area contributed by atoms with Crippen LogP contribution in [0.4, 0.5) is 4.39 Å². The summed E-state index contributed by atoms with van der Waals surface area (Å²) in [5, 5.41) is 9.20. The van der Waals surface area contributed by atoms with Gasteiger partial charge in [0.1, 0.15) is 5.82 Å². The van der Waals surface area contributed by atoms with Gasteiger partial charge in [0.05, 0.1) is 11.5 Å². The smallest absolute Gasteiger partial charge is 0.136 e. The van der Waals surface area contributed by atoms with Gasteiger partial charge in [-0.1, -0.05) is 19.9 Å². The molecular formula is C12H13FIN. The molecular weight excluding hydrogens is 304 g/mol. The fraction of sp³-hybridized carbons (Fsp3) is 0.417. The van der Waals surface area contributed by atoms with Crippen LogP contribution in [-0.2, 0) is 5.41 Å². The molecule has 0 aliphatic rings. The molecule has 0 fully saturated rings. The zero-order valence-electron chi connectivity index (χ0n) is 9.01. The first-order valence-corrected chi connectivity index (χ1v) is 5.86. The van der Waals surface area contributed by atoms with E-state index in [0.717, 1.165) is 5.56 Å². The fourth-order valence-electron chi connectivity index (χ4n) is 1.35. The van der Waals surface area contributed by atoms with E-state index >= 15 is 0 Å². The van der Waals surface area contributed by atoms with Crippen LogP contribution < -0.4 is 0 Å². The molecule has 0 bridgehead atoms. The van der Waals surface area contributed by atoms with Crippen LogP contribution in [0.5, 0.6) is 0 Å². The summed E-state index contributed by atoms with van der Waals surface area (Å²) in [6.45, 7) is 5.79. The Morgan fingerprint density at radius 2 is 2.07 bits per heavy atom. The summed E-state index contributed by atoms with van der Waals surface area (Å²) in [7, 11) is 0. The predicted molar refractivity (Wildman–Crippen MR) is 66.9 cm³/mol. The molecule has 15 heavy (non-hydrogen) atoms. The lowest BCUT2D eigenvalue weighted by Crippen LogP contribution is -2.26. The van der Waals surface area contributed by atoms with Crippen molar-refractivity contribution in [1.82, 2.24) is 0 Å². The number of nitrogens with zero attached hydrogens (tertiary/aromatic N) is 1. The number of rotatable bonds is 2. The highest BCUT2D eigenvalue weighted by Gasteiger charge is 2.30. The lowest BCUT2D eigenvalue weighted by molar-refractivity contribution is 0.428. The monoisotopic (exact) mass is 317 g/mol. The van der Waals surface area contributed by atoms with Gasteiger partial charge >= 0.3 is 0 Å². The Hall–Kier alpha value is -0.630. The van der Waals surface area contributed by atoms with E-state index in [0.29, 0.717) is 3.57 Å². The maximum absolute atomic E-state index is 13.4. The molecule has 0 saturated heterocycles. The van der Waals surface area contributed by atoms with Gasteiger partial charge in [-0.3, -0.25) is 0 Å². The Kier molecular flexibility index (Phi) is 3.72. The zero-order chi connectivity index (χ0) is 11.6. The van der Waals surface area contributed by atoms with Crippen molar-refractivity contribution in [1.29, 1.82) is 5.26 Å². The Bertz CT molecular complexity index is 409. The van der Waals surface area contributed by atoms with E-state index in [1.165, 1.54) is 6.07 Å². The number of benzene rings is 1. The third kappa shape index (κ3) is 2.31. The van der Waals surface area contributed by atoms with Gasteiger partial charge in [-0.05, 0) is 53.1 Å². The first-order valence-electron chi connectivity index (χ1n) is 4.78. The van der Waals surface area contributed by atoms with E-state index in [-0.39, 0.29) is 11.7 Å². The van der Waals surface area contributed by atoms with Gasteiger partial charge < -0.3 is 0 Å². The first kappa shape index (κ1) is 12.4. The Balaban J connectivity index is 3.27. The van der Waals surface area contributed by atoms with Crippen LogP contribution in [0, 0.1) is 26.6 Å². The van der Waals surface area contributed by atoms with Crippen molar-refractivity contribution in [2.24, 2.45) is 5.92 Å². The second-order valence-corrected chi connectivity index (χ2v) is 5.26. The average molecular weight is 317 g/mol. The van der Waals surface area contributed by atoms with Gasteiger partial charge in [0.15, 0.2) is 0 Å². The van der Waals surface area contributed by atoms with Gasteiger partial charge in [-0.25, -0.2) is 4.39 Å². The zero-order valence-corrected chi connectivity index (χ0v) is 11.2. The van der Waals surface area contributed by atoms with Gasteiger partial charge in [0, 0.05) is 3.57 Å². The Labute approximate surface area is 103 Å². The molecule has 3 heteroatoms. The van der Waals surface area contributed by atoms with Crippen LogP contribution in [0.1, 0.15) is 26.3 Å². The lowest BCUT2D eigenvalue weighted by Gasteiger charge is -2.26. The van der Waals surface area contributed by atoms with Gasteiger partial charge in [-0.2, -0.15) is 5.26 Å². The minimum Gasteiger partial charge on any atom is -0.206 e. The minimum absolute atomic E-state index is 0.155. The largest absolute Gasteiger partial charge is 0.206 e. The van der Waals surface area contributed by atoms with Crippen molar-refractivity contribution in [2.75, 3.05) is 0 Å². The number of halogens is 2. The number of hydrogen-bond acceptors (Lipinski definition) is 1. The highest BCUT2D eigenvalue weighted by molar-refractivity contribution is 14.1. The van der Waals surface area contributed by atoms with Crippen LogP contribution in [0.25, 0.3) is 0 Å². The number of hydrogen-bond donors (Lipinski definition) is 0. The maximum atomic E-state index is 13.4. The van der Waals surface area contributed by atoms with Crippen molar-refractivity contribution in [3.05, 3.63) is 33.1 Å². The Morgan fingerprint density at radius 1 is 1.47 bits per heavy atom. The second kappa shape index (κ2) is 4.48. The summed E-state index contributed by atoms with van der Waals surface area (Å²) >= 11 is 1.94. The molecule has 0 aliphatic heterocycles. The van der Waals surface area contributed by atoms with Crippen molar-refractivity contribution in [3.63, 3.8) is 0 Å². The molecule has 0 amide bonds. The molecule has 0 saturated carbocycles. The van der Waals surface area contributed by atoms with Crippen molar-refractivity contribution < 1.29 is 4.39 Å². The summed E-state index contributed by atoms with van der Waals surface area (Å²) < 4.78 is 14.0. The predicted octanol–water partition coefficient (Wildman–Crippen LogP) is 3.87. The molecule has 1 unspecified atom stereocenters. The normalized spacial score (nSPS) is 14.7. The average Bonchev–Trinajstić information content (AvgIpc) is 2.20. The minimum atomic E-state index is -0.620. The summed E-state index contributed by atoms with van der Waals surface area (Å²) in [6, 6.07) is 7.27. The summed E-state index contributed by atoms with van der Waals surface area (Å²) in [6.07, 6.45) is 0. The summed E-state index contributed by atoms with van der Waals surface area (Å²) in [5.41, 5.74) is 0.128. The molecule has 0 radical (unpaired) electrons. The lowest BCUT2D eigenvalue weighted by atomic mass is 9.75. The van der Waals surface area contributed by atoms with Gasteiger partial charge in [0.2, 0.25) is 0 Å². The quantitative estimate of drug-likeness (QED) is 0.760. The van der Waals surface area contributed by atoms with E-state index in [4.69, 9.17) is 0 Å². The molecule has 0 aliphatic carbocycles. The number of nitriles is 1. The van der Waals surface area contributed by atoms with Crippen molar-refractivity contribution in [2.45, 2.75) is 26.2 Å². The van der Waals surface area contributed by atoms with E-state index in [1.54, 1.807) is 6.07 Å². The molecule has 80 valence electrons. The molecule has 1 rings (SSSR count). The molecule has 0 heterocycles. The van der Waals surface area contributed by atoms with E-state index in [9.17, 15) is 9.65 Å². The molecule has 0 N–H and O–H groups in total. The van der Waals surface area contributed by atoms with Crippen LogP contribution in [0.2, 0.25) is 0 Å². The fourth-order valence-corrected chi connectivity index (χ4v) is 1.68. The van der Waals surface area contributed by atoms with Crippen molar-refractivity contribution >= 4 is 22.6 Å². The van der Waals surface area contributed by atoms with Crippen LogP contribution >= 0.6 is 22.6 Å². The topological polar surface area (TPSA) is 23.8 Å². The van der Waals surface area contributed by atoms with E-state index in [1.807, 2.05) is 49.4 Å². The second-order valence-electron chi connectivity index (χ2n) is 4.10. The van der Waals surface area contributed by atoms with Gasteiger partial charge in [0.25, 0.3) is 0 Å². The standard InChI is InChI=1S/C12H13FIN/c1-8(2)12(3,7-15)9-4-5-11(14)10(13)6-9/h4-6,8H,1-3H3. The molecule has 1 aromatic carbocycles.